The van der Waals surface area contributed by atoms with Crippen molar-refractivity contribution in [2.24, 2.45) is 5.41 Å². The maximum atomic E-state index is 12.4. The van der Waals surface area contributed by atoms with Gasteiger partial charge >= 0.3 is 5.97 Å². The van der Waals surface area contributed by atoms with Gasteiger partial charge in [0, 0.05) is 29.8 Å². The van der Waals surface area contributed by atoms with Gasteiger partial charge in [-0.1, -0.05) is 13.8 Å². The molecule has 1 aromatic heterocycles. The number of hydrogen-bond donors (Lipinski definition) is 1. The first-order valence-electron chi connectivity index (χ1n) is 9.04. The van der Waals surface area contributed by atoms with E-state index in [0.29, 0.717) is 11.5 Å². The van der Waals surface area contributed by atoms with Crippen LogP contribution in [-0.4, -0.2) is 29.9 Å². The van der Waals surface area contributed by atoms with E-state index in [0.717, 1.165) is 29.7 Å². The van der Waals surface area contributed by atoms with Crippen LogP contribution in [0.25, 0.3) is 11.3 Å². The molecule has 4 rings (SSSR count). The van der Waals surface area contributed by atoms with Gasteiger partial charge in [0.15, 0.2) is 16.9 Å². The first kappa shape index (κ1) is 17.6. The maximum Gasteiger partial charge on any atom is 0.341 e. The van der Waals surface area contributed by atoms with Crippen LogP contribution in [0.3, 0.4) is 0 Å². The molecule has 2 aromatic rings. The molecule has 0 radical (unpaired) electrons. The predicted molar refractivity (Wildman–Crippen MR) is 101 cm³/mol. The van der Waals surface area contributed by atoms with Crippen molar-refractivity contribution in [3.8, 4) is 22.8 Å². The number of benzene rings is 1. The molecule has 0 bridgehead atoms. The Balaban J connectivity index is 2.07. The third-order valence-corrected chi connectivity index (χ3v) is 6.12. The smallest absolute Gasteiger partial charge is 0.341 e. The van der Waals surface area contributed by atoms with E-state index in [4.69, 9.17) is 9.47 Å². The molecule has 0 saturated heterocycles. The third kappa shape index (κ3) is 2.46. The number of aromatic nitrogens is 1. The van der Waals surface area contributed by atoms with Crippen LogP contribution < -0.4 is 14.9 Å². The predicted octanol–water partition coefficient (Wildman–Crippen LogP) is 3.69. The van der Waals surface area contributed by atoms with Gasteiger partial charge in [0.25, 0.3) is 0 Å². The second-order valence-corrected chi connectivity index (χ2v) is 8.02. The molecule has 2 aliphatic rings. The lowest BCUT2D eigenvalue weighted by Gasteiger charge is -2.40. The highest BCUT2D eigenvalue weighted by Crippen LogP contribution is 2.59. The number of pyridine rings is 1. The van der Waals surface area contributed by atoms with Crippen LogP contribution in [0.5, 0.6) is 11.5 Å². The molecular weight excluding hydrogens is 346 g/mol. The number of carbonyl (C=O) groups is 1. The van der Waals surface area contributed by atoms with Gasteiger partial charge in [-0.15, -0.1) is 0 Å². The van der Waals surface area contributed by atoms with Gasteiger partial charge in [-0.05, 0) is 36.0 Å². The molecule has 2 atom stereocenters. The summed E-state index contributed by atoms with van der Waals surface area (Å²) in [5.74, 6) is 0.290. The fourth-order valence-corrected chi connectivity index (χ4v) is 4.85. The fourth-order valence-electron chi connectivity index (χ4n) is 4.85. The Labute approximate surface area is 157 Å². The van der Waals surface area contributed by atoms with Crippen molar-refractivity contribution in [1.29, 1.82) is 0 Å². The lowest BCUT2D eigenvalue weighted by atomic mass is 9.77. The van der Waals surface area contributed by atoms with E-state index in [9.17, 15) is 14.7 Å². The van der Waals surface area contributed by atoms with Crippen LogP contribution in [0.15, 0.2) is 29.2 Å². The van der Waals surface area contributed by atoms with E-state index < -0.39 is 11.4 Å². The average molecular weight is 369 g/mol. The second-order valence-electron chi connectivity index (χ2n) is 8.02. The van der Waals surface area contributed by atoms with Crippen LogP contribution >= 0.6 is 0 Å². The molecule has 1 fully saturated rings. The Hall–Kier alpha value is -2.76. The molecule has 142 valence electrons. The summed E-state index contributed by atoms with van der Waals surface area (Å²) in [7, 11) is 3.19. The number of fused-ring (bicyclic) bond motifs is 6. The molecule has 1 aliphatic carbocycles. The maximum absolute atomic E-state index is 12.4. The van der Waals surface area contributed by atoms with Crippen molar-refractivity contribution >= 4 is 5.97 Å². The van der Waals surface area contributed by atoms with E-state index >= 15 is 0 Å². The normalized spacial score (nSPS) is 21.8. The summed E-state index contributed by atoms with van der Waals surface area (Å²) in [6.45, 7) is 4.40. The zero-order valence-corrected chi connectivity index (χ0v) is 15.9. The number of nitrogens with zero attached hydrogens (tertiary/aromatic N) is 1. The molecule has 2 heterocycles. The summed E-state index contributed by atoms with van der Waals surface area (Å²) in [4.78, 5) is 24.0. The number of hydrogen-bond acceptors (Lipinski definition) is 4. The summed E-state index contributed by atoms with van der Waals surface area (Å²) in [6.07, 6.45) is 3.53. The standard InChI is InChI=1S/C21H23NO5/c1-21(2)6-5-11-12-7-17(26-3)18(27-4)8-13(12)15-9-16(23)14(20(24)25)10-22(15)19(11)21/h7-11,19H,5-6H2,1-4H3,(H,24,25)/t11-,19+/m0/s1. The fraction of sp³-hybridized carbons (Fsp3) is 0.429. The minimum atomic E-state index is -1.19. The highest BCUT2D eigenvalue weighted by molar-refractivity contribution is 5.88. The highest BCUT2D eigenvalue weighted by atomic mass is 16.5. The van der Waals surface area contributed by atoms with Crippen molar-refractivity contribution < 1.29 is 19.4 Å². The topological polar surface area (TPSA) is 77.8 Å². The van der Waals surface area contributed by atoms with Gasteiger partial charge in [0.2, 0.25) is 0 Å². The molecule has 1 saturated carbocycles. The monoisotopic (exact) mass is 369 g/mol. The van der Waals surface area contributed by atoms with Crippen molar-refractivity contribution in [1.82, 2.24) is 4.57 Å². The highest BCUT2D eigenvalue weighted by Gasteiger charge is 2.47. The van der Waals surface area contributed by atoms with Crippen molar-refractivity contribution in [3.05, 3.63) is 45.7 Å². The lowest BCUT2D eigenvalue weighted by molar-refractivity contribution is 0.0693. The number of aromatic carboxylic acids is 1. The van der Waals surface area contributed by atoms with Crippen LogP contribution in [0.2, 0.25) is 0 Å². The Morgan fingerprint density at radius 1 is 1.19 bits per heavy atom. The Bertz CT molecular complexity index is 1000. The molecule has 1 aromatic carbocycles. The first-order valence-corrected chi connectivity index (χ1v) is 9.04. The molecule has 1 N–H and O–H groups in total. The van der Waals surface area contributed by atoms with Crippen LogP contribution in [-0.2, 0) is 0 Å². The second kappa shape index (κ2) is 5.87. The number of ether oxygens (including phenoxy) is 2. The van der Waals surface area contributed by atoms with E-state index in [2.05, 4.69) is 13.8 Å². The summed E-state index contributed by atoms with van der Waals surface area (Å²) in [5.41, 5.74) is 2.08. The van der Waals surface area contributed by atoms with Crippen molar-refractivity contribution in [3.63, 3.8) is 0 Å². The minimum Gasteiger partial charge on any atom is -0.493 e. The summed E-state index contributed by atoms with van der Waals surface area (Å²) >= 11 is 0. The van der Waals surface area contributed by atoms with Gasteiger partial charge < -0.3 is 19.1 Å². The minimum absolute atomic E-state index is 0.0187. The molecule has 6 heteroatoms. The molecular formula is C21H23NO5. The number of carboxylic acid groups (broad SMARTS) is 1. The largest absolute Gasteiger partial charge is 0.493 e. The SMILES string of the molecule is COc1cc2c(cc1OC)[C@@H]1CCC(C)(C)[C@@H]1n1cc(C(=O)O)c(=O)cc1-2. The van der Waals surface area contributed by atoms with E-state index in [1.165, 1.54) is 12.3 Å². The number of carboxylic acids is 1. The van der Waals surface area contributed by atoms with Crippen molar-refractivity contribution in [2.75, 3.05) is 14.2 Å². The number of rotatable bonds is 3. The molecule has 6 nitrogen and oxygen atoms in total. The molecule has 1 aliphatic heterocycles. The van der Waals surface area contributed by atoms with E-state index in [1.807, 2.05) is 16.7 Å². The zero-order chi connectivity index (χ0) is 19.5. The molecule has 0 amide bonds. The lowest BCUT2D eigenvalue weighted by Crippen LogP contribution is -2.32. The summed E-state index contributed by atoms with van der Waals surface area (Å²) in [5, 5.41) is 9.43. The van der Waals surface area contributed by atoms with Crippen LogP contribution in [0.4, 0.5) is 0 Å². The molecule has 27 heavy (non-hydrogen) atoms. The Kier molecular flexibility index (Phi) is 3.84. The number of methoxy groups -OCH3 is 2. The zero-order valence-electron chi connectivity index (χ0n) is 15.9. The van der Waals surface area contributed by atoms with Crippen molar-refractivity contribution in [2.45, 2.75) is 38.6 Å². The average Bonchev–Trinajstić information content (AvgIpc) is 2.95. The van der Waals surface area contributed by atoms with Gasteiger partial charge in [-0.3, -0.25) is 4.79 Å². The van der Waals surface area contributed by atoms with Gasteiger partial charge in [-0.25, -0.2) is 4.79 Å². The van der Waals surface area contributed by atoms with Crippen LogP contribution in [0.1, 0.15) is 54.6 Å². The van der Waals surface area contributed by atoms with Gasteiger partial charge in [-0.2, -0.15) is 0 Å². The quantitative estimate of drug-likeness (QED) is 0.893. The Morgan fingerprint density at radius 3 is 2.48 bits per heavy atom. The summed E-state index contributed by atoms with van der Waals surface area (Å²) in [6, 6.07) is 5.42. The molecule has 0 unspecified atom stereocenters. The van der Waals surface area contributed by atoms with Gasteiger partial charge in [0.1, 0.15) is 5.56 Å². The van der Waals surface area contributed by atoms with E-state index in [-0.39, 0.29) is 22.9 Å². The summed E-state index contributed by atoms with van der Waals surface area (Å²) < 4.78 is 12.9. The van der Waals surface area contributed by atoms with E-state index in [1.54, 1.807) is 14.2 Å². The van der Waals surface area contributed by atoms with Crippen LogP contribution in [0, 0.1) is 5.41 Å². The molecule has 0 spiro atoms. The first-order chi connectivity index (χ1) is 12.8. The van der Waals surface area contributed by atoms with Gasteiger partial charge in [0.05, 0.1) is 19.9 Å². The Morgan fingerprint density at radius 2 is 1.85 bits per heavy atom. The third-order valence-electron chi connectivity index (χ3n) is 6.12.